The maximum atomic E-state index is 4.41. The van der Waals surface area contributed by atoms with Gasteiger partial charge >= 0.3 is 0 Å². The second kappa shape index (κ2) is 6.12. The third-order valence-electron chi connectivity index (χ3n) is 3.06. The maximum Gasteiger partial charge on any atom is 0.0544 e. The van der Waals surface area contributed by atoms with Crippen LogP contribution in [-0.2, 0) is 6.54 Å². The molecule has 4 heteroatoms. The Morgan fingerprint density at radius 2 is 2.31 bits per heavy atom. The van der Waals surface area contributed by atoms with E-state index in [4.69, 9.17) is 0 Å². The molecule has 1 atom stereocenters. The summed E-state index contributed by atoms with van der Waals surface area (Å²) < 4.78 is 1.05. The van der Waals surface area contributed by atoms with Crippen molar-refractivity contribution >= 4 is 31.9 Å². The molecule has 1 aliphatic heterocycles. The van der Waals surface area contributed by atoms with Crippen molar-refractivity contribution < 1.29 is 0 Å². The molecule has 0 N–H and O–H groups in total. The van der Waals surface area contributed by atoms with Gasteiger partial charge in [-0.25, -0.2) is 0 Å². The SMILES string of the molecule is BrCCC1CCN(Cc2ccc(Br)cn2)C1. The van der Waals surface area contributed by atoms with E-state index in [0.29, 0.717) is 0 Å². The van der Waals surface area contributed by atoms with Crippen LogP contribution in [0.5, 0.6) is 0 Å². The molecule has 2 nitrogen and oxygen atoms in total. The number of likely N-dealkylation sites (tertiary alicyclic amines) is 1. The molecule has 0 bridgehead atoms. The lowest BCUT2D eigenvalue weighted by molar-refractivity contribution is 0.312. The van der Waals surface area contributed by atoms with Gasteiger partial charge in [-0.3, -0.25) is 9.88 Å². The normalized spacial score (nSPS) is 21.5. The molecule has 0 aliphatic carbocycles. The molecule has 88 valence electrons. The van der Waals surface area contributed by atoms with Gasteiger partial charge in [-0.15, -0.1) is 0 Å². The fourth-order valence-corrected chi connectivity index (χ4v) is 3.06. The fourth-order valence-electron chi connectivity index (χ4n) is 2.18. The Hall–Kier alpha value is 0.0700. The Morgan fingerprint density at radius 1 is 1.44 bits per heavy atom. The molecule has 1 unspecified atom stereocenters. The van der Waals surface area contributed by atoms with Crippen LogP contribution in [0.2, 0.25) is 0 Å². The summed E-state index contributed by atoms with van der Waals surface area (Å²) in [7, 11) is 0. The van der Waals surface area contributed by atoms with Gasteiger partial charge in [-0.2, -0.15) is 0 Å². The van der Waals surface area contributed by atoms with Gasteiger partial charge in [-0.05, 0) is 53.4 Å². The van der Waals surface area contributed by atoms with Crippen molar-refractivity contribution in [3.05, 3.63) is 28.5 Å². The average Bonchev–Trinajstić information content (AvgIpc) is 2.70. The Balaban J connectivity index is 1.84. The highest BCUT2D eigenvalue weighted by atomic mass is 79.9. The van der Waals surface area contributed by atoms with E-state index in [1.807, 2.05) is 6.20 Å². The fraction of sp³-hybridized carbons (Fsp3) is 0.583. The van der Waals surface area contributed by atoms with Crippen molar-refractivity contribution in [2.24, 2.45) is 5.92 Å². The number of hydrogen-bond acceptors (Lipinski definition) is 2. The Labute approximate surface area is 114 Å². The van der Waals surface area contributed by atoms with Crippen LogP contribution in [0.1, 0.15) is 18.5 Å². The van der Waals surface area contributed by atoms with E-state index in [9.17, 15) is 0 Å². The first-order chi connectivity index (χ1) is 7.78. The van der Waals surface area contributed by atoms with Crippen LogP contribution in [0.25, 0.3) is 0 Å². The van der Waals surface area contributed by atoms with Crippen LogP contribution in [0.3, 0.4) is 0 Å². The number of pyridine rings is 1. The molecular formula is C12H16Br2N2. The van der Waals surface area contributed by atoms with Crippen LogP contribution in [0, 0.1) is 5.92 Å². The lowest BCUT2D eigenvalue weighted by atomic mass is 10.1. The third kappa shape index (κ3) is 3.54. The standard InChI is InChI=1S/C12H16Br2N2/c13-5-3-10-4-6-16(8-10)9-12-2-1-11(14)7-15-12/h1-2,7,10H,3-6,8-9H2. The van der Waals surface area contributed by atoms with E-state index < -0.39 is 0 Å². The molecule has 1 fully saturated rings. The molecular weight excluding hydrogens is 332 g/mol. The summed E-state index contributed by atoms with van der Waals surface area (Å²) in [5.74, 6) is 0.870. The van der Waals surface area contributed by atoms with Crippen LogP contribution in [0.15, 0.2) is 22.8 Å². The zero-order chi connectivity index (χ0) is 11.4. The maximum absolute atomic E-state index is 4.41. The van der Waals surface area contributed by atoms with Gasteiger partial charge in [0.1, 0.15) is 0 Å². The number of alkyl halides is 1. The van der Waals surface area contributed by atoms with Crippen LogP contribution >= 0.6 is 31.9 Å². The molecule has 0 saturated carbocycles. The summed E-state index contributed by atoms with van der Waals surface area (Å²) in [4.78, 5) is 6.92. The van der Waals surface area contributed by atoms with E-state index in [1.165, 1.54) is 31.6 Å². The van der Waals surface area contributed by atoms with E-state index in [-0.39, 0.29) is 0 Å². The van der Waals surface area contributed by atoms with E-state index >= 15 is 0 Å². The summed E-state index contributed by atoms with van der Waals surface area (Å²) in [6, 6.07) is 4.16. The summed E-state index contributed by atoms with van der Waals surface area (Å²) >= 11 is 6.92. The van der Waals surface area contributed by atoms with Crippen molar-refractivity contribution in [3.8, 4) is 0 Å². The van der Waals surface area contributed by atoms with Crippen LogP contribution < -0.4 is 0 Å². The zero-order valence-corrected chi connectivity index (χ0v) is 12.4. The van der Waals surface area contributed by atoms with Crippen molar-refractivity contribution in [1.82, 2.24) is 9.88 Å². The van der Waals surface area contributed by atoms with Gasteiger partial charge in [-0.1, -0.05) is 15.9 Å². The highest BCUT2D eigenvalue weighted by Crippen LogP contribution is 2.21. The zero-order valence-electron chi connectivity index (χ0n) is 9.20. The molecule has 2 rings (SSSR count). The van der Waals surface area contributed by atoms with Gasteiger partial charge < -0.3 is 0 Å². The molecule has 0 amide bonds. The predicted octanol–water partition coefficient (Wildman–Crippen LogP) is 3.45. The number of halogens is 2. The van der Waals surface area contributed by atoms with Crippen molar-refractivity contribution in [3.63, 3.8) is 0 Å². The Kier molecular flexibility index (Phi) is 4.79. The summed E-state index contributed by atoms with van der Waals surface area (Å²) in [5, 5.41) is 1.13. The minimum atomic E-state index is 0.870. The van der Waals surface area contributed by atoms with Gasteiger partial charge in [0, 0.05) is 29.1 Å². The largest absolute Gasteiger partial charge is 0.297 e. The smallest absolute Gasteiger partial charge is 0.0544 e. The van der Waals surface area contributed by atoms with E-state index in [1.54, 1.807) is 0 Å². The molecule has 1 aliphatic rings. The highest BCUT2D eigenvalue weighted by Gasteiger charge is 2.21. The molecule has 1 aromatic heterocycles. The van der Waals surface area contributed by atoms with Gasteiger partial charge in [0.25, 0.3) is 0 Å². The number of nitrogens with zero attached hydrogens (tertiary/aromatic N) is 2. The Morgan fingerprint density at radius 3 is 3.00 bits per heavy atom. The van der Waals surface area contributed by atoms with Crippen LogP contribution in [0.4, 0.5) is 0 Å². The molecule has 1 aromatic rings. The summed E-state index contributed by atoms with van der Waals surface area (Å²) in [6.45, 7) is 3.44. The third-order valence-corrected chi connectivity index (χ3v) is 3.99. The molecule has 0 spiro atoms. The number of rotatable bonds is 4. The van der Waals surface area contributed by atoms with E-state index in [2.05, 4.69) is 53.9 Å². The first-order valence-corrected chi connectivity index (χ1v) is 7.58. The summed E-state index contributed by atoms with van der Waals surface area (Å²) in [6.07, 6.45) is 4.51. The van der Waals surface area contributed by atoms with Crippen molar-refractivity contribution in [2.75, 3.05) is 18.4 Å². The first-order valence-electron chi connectivity index (χ1n) is 5.66. The molecule has 16 heavy (non-hydrogen) atoms. The summed E-state index contributed by atoms with van der Waals surface area (Å²) in [5.41, 5.74) is 1.17. The predicted molar refractivity (Wildman–Crippen MR) is 73.7 cm³/mol. The Bertz CT molecular complexity index is 326. The second-order valence-corrected chi connectivity index (χ2v) is 6.04. The first kappa shape index (κ1) is 12.5. The number of hydrogen-bond donors (Lipinski definition) is 0. The lowest BCUT2D eigenvalue weighted by Gasteiger charge is -2.15. The van der Waals surface area contributed by atoms with Crippen molar-refractivity contribution in [2.45, 2.75) is 19.4 Å². The average molecular weight is 348 g/mol. The van der Waals surface area contributed by atoms with Gasteiger partial charge in [0.15, 0.2) is 0 Å². The van der Waals surface area contributed by atoms with Gasteiger partial charge in [0.2, 0.25) is 0 Å². The molecule has 0 radical (unpaired) electrons. The van der Waals surface area contributed by atoms with Gasteiger partial charge in [0.05, 0.1) is 5.69 Å². The topological polar surface area (TPSA) is 16.1 Å². The monoisotopic (exact) mass is 346 g/mol. The quantitative estimate of drug-likeness (QED) is 0.775. The molecule has 2 heterocycles. The minimum absolute atomic E-state index is 0.870. The van der Waals surface area contributed by atoms with Crippen LogP contribution in [-0.4, -0.2) is 28.3 Å². The number of aromatic nitrogens is 1. The molecule has 0 aromatic carbocycles. The van der Waals surface area contributed by atoms with E-state index in [0.717, 1.165) is 22.3 Å². The lowest BCUT2D eigenvalue weighted by Crippen LogP contribution is -2.20. The molecule has 1 saturated heterocycles. The van der Waals surface area contributed by atoms with Crippen molar-refractivity contribution in [1.29, 1.82) is 0 Å². The minimum Gasteiger partial charge on any atom is -0.297 e. The highest BCUT2D eigenvalue weighted by molar-refractivity contribution is 9.10. The second-order valence-electron chi connectivity index (χ2n) is 4.34.